The van der Waals surface area contributed by atoms with Gasteiger partial charge in [0.2, 0.25) is 11.8 Å². The van der Waals surface area contributed by atoms with Gasteiger partial charge in [-0.1, -0.05) is 60.1 Å². The highest BCUT2D eigenvalue weighted by atomic mass is 35.5. The molecule has 0 aliphatic carbocycles. The van der Waals surface area contributed by atoms with Crippen molar-refractivity contribution in [3.05, 3.63) is 70.7 Å². The summed E-state index contributed by atoms with van der Waals surface area (Å²) in [5, 5.41) is 5.78. The lowest BCUT2D eigenvalue weighted by Crippen LogP contribution is -2.51. The van der Waals surface area contributed by atoms with Crippen LogP contribution in [0, 0.1) is 0 Å². The van der Waals surface area contributed by atoms with Crippen LogP contribution in [0.25, 0.3) is 0 Å². The van der Waals surface area contributed by atoms with Gasteiger partial charge in [-0.05, 0) is 37.3 Å². The lowest BCUT2D eigenvalue weighted by Gasteiger charge is -2.18. The molecule has 0 heterocycles. The first-order valence-corrected chi connectivity index (χ1v) is 10.8. The fraction of sp³-hybridized carbons (Fsp3) is 0.348. The second-order valence-electron chi connectivity index (χ2n) is 7.35. The predicted octanol–water partition coefficient (Wildman–Crippen LogP) is 2.28. The second kappa shape index (κ2) is 13.3. The fourth-order valence-corrected chi connectivity index (χ4v) is 3.19. The number of primary amides is 1. The average Bonchev–Trinajstić information content (AvgIpc) is 2.77. The largest absolute Gasteiger partial charge is 0.445 e. The van der Waals surface area contributed by atoms with E-state index in [1.54, 1.807) is 18.2 Å². The summed E-state index contributed by atoms with van der Waals surface area (Å²) in [6.45, 7) is 0.429. The van der Waals surface area contributed by atoms with E-state index in [9.17, 15) is 14.4 Å². The summed E-state index contributed by atoms with van der Waals surface area (Å²) >= 11 is 6.02. The lowest BCUT2D eigenvalue weighted by atomic mass is 10.0. The van der Waals surface area contributed by atoms with Crippen molar-refractivity contribution in [2.45, 2.75) is 44.4 Å². The molecule has 0 aliphatic rings. The molecule has 8 nitrogen and oxygen atoms in total. The van der Waals surface area contributed by atoms with E-state index in [0.29, 0.717) is 37.3 Å². The summed E-state index contributed by atoms with van der Waals surface area (Å²) < 4.78 is 5.12. The van der Waals surface area contributed by atoms with Crippen molar-refractivity contribution < 1.29 is 19.1 Å². The third kappa shape index (κ3) is 8.95. The molecule has 0 saturated carbocycles. The number of alkyl carbamates (subject to hydrolysis) is 1. The average molecular weight is 461 g/mol. The zero-order valence-electron chi connectivity index (χ0n) is 17.8. The summed E-state index contributed by atoms with van der Waals surface area (Å²) in [4.78, 5) is 35.8. The van der Waals surface area contributed by atoms with Gasteiger partial charge in [0.05, 0.1) is 6.04 Å². The van der Waals surface area contributed by atoms with Crippen LogP contribution in [0.4, 0.5) is 4.79 Å². The minimum absolute atomic E-state index is 0.0739. The number of nitrogens with one attached hydrogen (secondary N) is 2. The molecule has 2 aromatic carbocycles. The van der Waals surface area contributed by atoms with Crippen LogP contribution in [-0.2, 0) is 27.4 Å². The van der Waals surface area contributed by atoms with Crippen LogP contribution in [0.2, 0.25) is 5.02 Å². The Morgan fingerprint density at radius 3 is 2.38 bits per heavy atom. The zero-order chi connectivity index (χ0) is 23.3. The Morgan fingerprint density at radius 2 is 1.69 bits per heavy atom. The monoisotopic (exact) mass is 460 g/mol. The lowest BCUT2D eigenvalue weighted by molar-refractivity contribution is -0.128. The highest BCUT2D eigenvalue weighted by Crippen LogP contribution is 2.15. The van der Waals surface area contributed by atoms with Crippen molar-refractivity contribution in [3.8, 4) is 0 Å². The van der Waals surface area contributed by atoms with E-state index in [2.05, 4.69) is 10.6 Å². The van der Waals surface area contributed by atoms with Crippen LogP contribution in [0.3, 0.4) is 0 Å². The van der Waals surface area contributed by atoms with Gasteiger partial charge in [-0.2, -0.15) is 0 Å². The molecule has 0 unspecified atom stereocenters. The highest BCUT2D eigenvalue weighted by molar-refractivity contribution is 6.31. The van der Waals surface area contributed by atoms with Crippen LogP contribution < -0.4 is 22.1 Å². The van der Waals surface area contributed by atoms with Gasteiger partial charge < -0.3 is 26.8 Å². The minimum atomic E-state index is -0.823. The Kier molecular flexibility index (Phi) is 10.5. The minimum Gasteiger partial charge on any atom is -0.445 e. The Balaban J connectivity index is 1.65. The third-order valence-corrected chi connectivity index (χ3v) is 5.17. The van der Waals surface area contributed by atoms with Crippen molar-refractivity contribution in [2.75, 3.05) is 6.54 Å². The SMILES string of the molecule is NC(=O)[C@H](CCCCNC(=O)OCc1ccccc1Cl)NC(=O)[C@@H](N)Cc1ccccc1. The first-order chi connectivity index (χ1) is 15.4. The number of unbranched alkanes of at least 4 members (excludes halogenated alkanes) is 1. The van der Waals surface area contributed by atoms with Gasteiger partial charge in [0.1, 0.15) is 12.6 Å². The number of hydrogen-bond acceptors (Lipinski definition) is 5. The van der Waals surface area contributed by atoms with Crippen LogP contribution in [0.5, 0.6) is 0 Å². The summed E-state index contributed by atoms with van der Waals surface area (Å²) in [5.41, 5.74) is 13.0. The summed E-state index contributed by atoms with van der Waals surface area (Å²) in [7, 11) is 0. The number of benzene rings is 2. The van der Waals surface area contributed by atoms with E-state index in [0.717, 1.165) is 11.1 Å². The van der Waals surface area contributed by atoms with Crippen molar-refractivity contribution in [2.24, 2.45) is 11.5 Å². The molecule has 0 saturated heterocycles. The molecule has 0 spiro atoms. The molecule has 0 radical (unpaired) electrons. The van der Waals surface area contributed by atoms with E-state index < -0.39 is 30.0 Å². The molecule has 0 bridgehead atoms. The van der Waals surface area contributed by atoms with Crippen molar-refractivity contribution in [1.82, 2.24) is 10.6 Å². The summed E-state index contributed by atoms with van der Waals surface area (Å²) in [6, 6.07) is 14.9. The Morgan fingerprint density at radius 1 is 1.00 bits per heavy atom. The Labute approximate surface area is 192 Å². The molecular weight excluding hydrogens is 432 g/mol. The van der Waals surface area contributed by atoms with E-state index in [1.165, 1.54) is 0 Å². The first-order valence-electron chi connectivity index (χ1n) is 10.4. The third-order valence-electron chi connectivity index (χ3n) is 4.80. The fourth-order valence-electron chi connectivity index (χ4n) is 3.00. The van der Waals surface area contributed by atoms with Crippen molar-refractivity contribution in [3.63, 3.8) is 0 Å². The van der Waals surface area contributed by atoms with Gasteiger partial charge in [0, 0.05) is 17.1 Å². The van der Waals surface area contributed by atoms with Gasteiger partial charge in [-0.3, -0.25) is 9.59 Å². The molecule has 0 aromatic heterocycles. The topological polar surface area (TPSA) is 137 Å². The summed E-state index contributed by atoms with van der Waals surface area (Å²) in [6.07, 6.45) is 1.29. The second-order valence-corrected chi connectivity index (χ2v) is 7.76. The molecular formula is C23H29ClN4O4. The number of rotatable bonds is 12. The standard InChI is InChI=1S/C23H29ClN4O4/c24-18-11-5-4-10-17(18)15-32-23(31)27-13-7-6-12-20(21(26)29)28-22(30)19(25)14-16-8-2-1-3-9-16/h1-5,8-11,19-20H,6-7,12-15,25H2,(H2,26,29)(H,27,31)(H,28,30)/t19-,20-/m0/s1. The summed E-state index contributed by atoms with van der Waals surface area (Å²) in [5.74, 6) is -1.06. The number of amides is 3. The molecule has 9 heteroatoms. The van der Waals surface area contributed by atoms with Crippen LogP contribution in [0.1, 0.15) is 30.4 Å². The van der Waals surface area contributed by atoms with Crippen LogP contribution in [0.15, 0.2) is 54.6 Å². The van der Waals surface area contributed by atoms with E-state index in [1.807, 2.05) is 36.4 Å². The molecule has 2 atom stereocenters. The van der Waals surface area contributed by atoms with Crippen LogP contribution >= 0.6 is 11.6 Å². The van der Waals surface area contributed by atoms with Crippen molar-refractivity contribution >= 4 is 29.5 Å². The molecule has 172 valence electrons. The van der Waals surface area contributed by atoms with E-state index in [-0.39, 0.29) is 6.61 Å². The maximum absolute atomic E-state index is 12.3. The van der Waals surface area contributed by atoms with Gasteiger partial charge in [0.15, 0.2) is 0 Å². The molecule has 32 heavy (non-hydrogen) atoms. The van der Waals surface area contributed by atoms with Crippen LogP contribution in [-0.4, -0.2) is 36.5 Å². The number of hydrogen-bond donors (Lipinski definition) is 4. The number of halogens is 1. The predicted molar refractivity (Wildman–Crippen MR) is 123 cm³/mol. The van der Waals surface area contributed by atoms with Gasteiger partial charge in [-0.15, -0.1) is 0 Å². The quantitative estimate of drug-likeness (QED) is 0.360. The molecule has 0 fully saturated rings. The number of ether oxygens (including phenoxy) is 1. The van der Waals surface area contributed by atoms with E-state index in [4.69, 9.17) is 27.8 Å². The molecule has 2 aromatic rings. The Bertz CT molecular complexity index is 895. The van der Waals surface area contributed by atoms with E-state index >= 15 is 0 Å². The number of carbonyl (C=O) groups excluding carboxylic acids is 3. The zero-order valence-corrected chi connectivity index (χ0v) is 18.5. The first kappa shape index (κ1) is 25.2. The van der Waals surface area contributed by atoms with Gasteiger partial charge >= 0.3 is 6.09 Å². The highest BCUT2D eigenvalue weighted by Gasteiger charge is 2.21. The maximum Gasteiger partial charge on any atom is 0.407 e. The number of nitrogens with two attached hydrogens (primary N) is 2. The smallest absolute Gasteiger partial charge is 0.407 e. The normalized spacial score (nSPS) is 12.4. The van der Waals surface area contributed by atoms with Gasteiger partial charge in [-0.25, -0.2) is 4.79 Å². The molecule has 0 aliphatic heterocycles. The maximum atomic E-state index is 12.3. The van der Waals surface area contributed by atoms with Gasteiger partial charge in [0.25, 0.3) is 0 Å². The van der Waals surface area contributed by atoms with Crippen molar-refractivity contribution in [1.29, 1.82) is 0 Å². The number of carbonyl (C=O) groups is 3. The Hall–Kier alpha value is -3.10. The molecule has 6 N–H and O–H groups in total. The molecule has 3 amide bonds. The molecule has 2 rings (SSSR count).